The van der Waals surface area contributed by atoms with Crippen LogP contribution in [0.5, 0.6) is 0 Å². The maximum absolute atomic E-state index is 12.0. The highest BCUT2D eigenvalue weighted by Crippen LogP contribution is 2.41. The van der Waals surface area contributed by atoms with Crippen molar-refractivity contribution in [1.29, 1.82) is 0 Å². The number of ether oxygens (including phenoxy) is 1. The van der Waals surface area contributed by atoms with Gasteiger partial charge in [-0.25, -0.2) is 0 Å². The minimum atomic E-state index is -2.06. The zero-order valence-corrected chi connectivity index (χ0v) is 19.7. The van der Waals surface area contributed by atoms with E-state index in [1.165, 1.54) is 0 Å². The molecule has 1 fully saturated rings. The van der Waals surface area contributed by atoms with Gasteiger partial charge in [0.15, 0.2) is 28.1 Å². The SMILES string of the molecule is CC(C)(C)[Si](C)(C)OC[C@@H]1OC(=O)C(Cl)[C@H]1O[Si](C)(C)C(C)(C)C. The molecule has 0 radical (unpaired) electrons. The number of hydrogen-bond acceptors (Lipinski definition) is 4. The summed E-state index contributed by atoms with van der Waals surface area (Å²) in [7, 11) is -3.98. The molecule has 1 aliphatic heterocycles. The maximum Gasteiger partial charge on any atom is 0.327 e. The first-order valence-electron chi connectivity index (χ1n) is 8.66. The van der Waals surface area contributed by atoms with Gasteiger partial charge in [0, 0.05) is 0 Å². The lowest BCUT2D eigenvalue weighted by Crippen LogP contribution is -2.50. The summed E-state index contributed by atoms with van der Waals surface area (Å²) in [5, 5.41) is -0.613. The van der Waals surface area contributed by atoms with Crippen LogP contribution in [0.25, 0.3) is 0 Å². The van der Waals surface area contributed by atoms with Crippen molar-refractivity contribution in [3.05, 3.63) is 0 Å². The minimum absolute atomic E-state index is 0.0418. The Morgan fingerprint density at radius 2 is 1.46 bits per heavy atom. The first kappa shape index (κ1) is 22.2. The van der Waals surface area contributed by atoms with E-state index in [9.17, 15) is 4.79 Å². The normalized spacial score (nSPS) is 26.6. The fourth-order valence-corrected chi connectivity index (χ4v) is 4.58. The lowest BCUT2D eigenvalue weighted by molar-refractivity contribution is -0.142. The van der Waals surface area contributed by atoms with Crippen molar-refractivity contribution in [2.24, 2.45) is 0 Å². The second kappa shape index (κ2) is 7.02. The summed E-state index contributed by atoms with van der Waals surface area (Å²) >= 11 is 6.30. The topological polar surface area (TPSA) is 44.8 Å². The molecule has 1 heterocycles. The minimum Gasteiger partial charge on any atom is -0.456 e. The molecule has 7 heteroatoms. The number of hydrogen-bond donors (Lipinski definition) is 0. The molecule has 0 spiro atoms. The van der Waals surface area contributed by atoms with Crippen LogP contribution in [0.15, 0.2) is 0 Å². The molecule has 1 unspecified atom stereocenters. The molecule has 0 aliphatic carbocycles. The Kier molecular flexibility index (Phi) is 6.48. The number of rotatable bonds is 5. The fraction of sp³-hybridized carbons (Fsp3) is 0.941. The molecule has 3 atom stereocenters. The van der Waals surface area contributed by atoms with Crippen molar-refractivity contribution in [2.45, 2.75) is 95.4 Å². The van der Waals surface area contributed by atoms with Crippen LogP contribution in [-0.2, 0) is 18.4 Å². The smallest absolute Gasteiger partial charge is 0.327 e. The fourth-order valence-electron chi connectivity index (χ4n) is 1.89. The zero-order valence-electron chi connectivity index (χ0n) is 17.0. The first-order valence-corrected chi connectivity index (χ1v) is 14.9. The third-order valence-corrected chi connectivity index (χ3v) is 15.2. The largest absolute Gasteiger partial charge is 0.456 e. The molecule has 0 bridgehead atoms. The van der Waals surface area contributed by atoms with Gasteiger partial charge in [-0.2, -0.15) is 0 Å². The molecule has 1 aliphatic rings. The van der Waals surface area contributed by atoms with E-state index in [0.29, 0.717) is 6.61 Å². The second-order valence-corrected chi connectivity index (χ2v) is 19.8. The molecule has 0 aromatic heterocycles. The molecule has 24 heavy (non-hydrogen) atoms. The number of esters is 1. The molecule has 1 rings (SSSR count). The van der Waals surface area contributed by atoms with Gasteiger partial charge in [0.1, 0.15) is 6.10 Å². The molecule has 0 aromatic carbocycles. The van der Waals surface area contributed by atoms with Gasteiger partial charge in [-0.3, -0.25) is 4.79 Å². The maximum atomic E-state index is 12.0. The Balaban J connectivity index is 2.88. The lowest BCUT2D eigenvalue weighted by Gasteiger charge is -2.40. The van der Waals surface area contributed by atoms with Crippen LogP contribution in [0.4, 0.5) is 0 Å². The Labute approximate surface area is 154 Å². The molecule has 0 saturated carbocycles. The predicted molar refractivity (Wildman–Crippen MR) is 105 cm³/mol. The second-order valence-electron chi connectivity index (χ2n) is 9.79. The lowest BCUT2D eigenvalue weighted by atomic mass is 10.2. The zero-order chi connectivity index (χ0) is 19.1. The van der Waals surface area contributed by atoms with E-state index in [4.69, 9.17) is 25.2 Å². The molecule has 0 aromatic rings. The average Bonchev–Trinajstić information content (AvgIpc) is 2.61. The van der Waals surface area contributed by atoms with Gasteiger partial charge in [-0.05, 0) is 36.3 Å². The predicted octanol–water partition coefficient (Wildman–Crippen LogP) is 4.93. The van der Waals surface area contributed by atoms with Gasteiger partial charge in [0.25, 0.3) is 0 Å². The van der Waals surface area contributed by atoms with Crippen LogP contribution in [0.1, 0.15) is 41.5 Å². The van der Waals surface area contributed by atoms with Crippen LogP contribution < -0.4 is 0 Å². The standard InChI is InChI=1S/C17H35ClO4Si2/c1-16(2,3)23(7,8)20-11-12-14(13(18)15(19)21-12)22-24(9,10)17(4,5)6/h12-14H,11H2,1-10H3/t12-,13?,14-/m0/s1. The van der Waals surface area contributed by atoms with Crippen LogP contribution in [0.3, 0.4) is 0 Å². The van der Waals surface area contributed by atoms with Crippen LogP contribution >= 0.6 is 11.6 Å². The molecular weight excluding hydrogens is 360 g/mol. The van der Waals surface area contributed by atoms with Gasteiger partial charge < -0.3 is 13.6 Å². The summed E-state index contributed by atoms with van der Waals surface area (Å²) in [4.78, 5) is 12.0. The van der Waals surface area contributed by atoms with Gasteiger partial charge in [-0.15, -0.1) is 11.6 Å². The summed E-state index contributed by atoms with van der Waals surface area (Å²) in [6.45, 7) is 22.1. The van der Waals surface area contributed by atoms with Crippen molar-refractivity contribution >= 4 is 34.2 Å². The van der Waals surface area contributed by atoms with Crippen LogP contribution in [-0.4, -0.2) is 46.8 Å². The highest BCUT2D eigenvalue weighted by Gasteiger charge is 2.50. The van der Waals surface area contributed by atoms with E-state index >= 15 is 0 Å². The third kappa shape index (κ3) is 4.84. The van der Waals surface area contributed by atoms with E-state index < -0.39 is 40.2 Å². The quantitative estimate of drug-likeness (QED) is 0.376. The number of alkyl halides is 1. The summed E-state index contributed by atoms with van der Waals surface area (Å²) in [6.07, 6.45) is -0.868. The Morgan fingerprint density at radius 1 is 1.00 bits per heavy atom. The Bertz CT molecular complexity index is 466. The van der Waals surface area contributed by atoms with Crippen LogP contribution in [0.2, 0.25) is 36.3 Å². The Hall–Kier alpha value is 0.114. The summed E-state index contributed by atoms with van der Waals surface area (Å²) in [6, 6.07) is 0. The Morgan fingerprint density at radius 3 is 1.88 bits per heavy atom. The van der Waals surface area contributed by atoms with Crippen molar-refractivity contribution in [3.8, 4) is 0 Å². The summed E-state index contributed by atoms with van der Waals surface area (Å²) < 4.78 is 18.1. The highest BCUT2D eigenvalue weighted by molar-refractivity contribution is 6.74. The average molecular weight is 395 g/mol. The number of carbonyl (C=O) groups excluding carboxylic acids is 1. The number of halogens is 1. The monoisotopic (exact) mass is 394 g/mol. The molecule has 0 N–H and O–H groups in total. The molecule has 0 amide bonds. The summed E-state index contributed by atoms with van der Waals surface area (Å²) in [5.74, 6) is -0.399. The van der Waals surface area contributed by atoms with Gasteiger partial charge in [-0.1, -0.05) is 41.5 Å². The highest BCUT2D eigenvalue weighted by atomic mass is 35.5. The van der Waals surface area contributed by atoms with Crippen LogP contribution in [0, 0.1) is 0 Å². The molecular formula is C17H35ClO4Si2. The third-order valence-electron chi connectivity index (χ3n) is 5.80. The van der Waals surface area contributed by atoms with E-state index in [0.717, 1.165) is 0 Å². The van der Waals surface area contributed by atoms with Crippen molar-refractivity contribution in [2.75, 3.05) is 6.61 Å². The number of carbonyl (C=O) groups is 1. The summed E-state index contributed by atoms with van der Waals surface area (Å²) in [5.41, 5.74) is 0. The van der Waals surface area contributed by atoms with Gasteiger partial charge in [0.05, 0.1) is 6.61 Å². The van der Waals surface area contributed by atoms with E-state index in [2.05, 4.69) is 67.7 Å². The van der Waals surface area contributed by atoms with E-state index in [1.807, 2.05) is 0 Å². The number of cyclic esters (lactones) is 1. The first-order chi connectivity index (χ1) is 10.5. The molecule has 142 valence electrons. The van der Waals surface area contributed by atoms with Gasteiger partial charge >= 0.3 is 5.97 Å². The van der Waals surface area contributed by atoms with Gasteiger partial charge in [0.2, 0.25) is 0 Å². The van der Waals surface area contributed by atoms with Crippen molar-refractivity contribution in [1.82, 2.24) is 0 Å². The van der Waals surface area contributed by atoms with E-state index in [1.54, 1.807) is 0 Å². The molecule has 4 nitrogen and oxygen atoms in total. The molecule has 1 saturated heterocycles. The van der Waals surface area contributed by atoms with E-state index in [-0.39, 0.29) is 10.1 Å². The van der Waals surface area contributed by atoms with Crippen molar-refractivity contribution < 1.29 is 18.4 Å². The van der Waals surface area contributed by atoms with Crippen molar-refractivity contribution in [3.63, 3.8) is 0 Å².